The van der Waals surface area contributed by atoms with Crippen LogP contribution in [0.15, 0.2) is 24.5 Å². The smallest absolute Gasteiger partial charge is 0.170 e. The number of carbonyl (C=O) groups excluding carboxylic acids is 1. The van der Waals surface area contributed by atoms with Gasteiger partial charge in [-0.3, -0.25) is 4.79 Å². The van der Waals surface area contributed by atoms with Crippen molar-refractivity contribution in [2.75, 3.05) is 0 Å². The van der Waals surface area contributed by atoms with Gasteiger partial charge in [0, 0.05) is 12.1 Å². The average molecular weight is 257 g/mol. The average Bonchev–Trinajstić information content (AvgIpc) is 2.77. The SMILES string of the molecule is CCCn1ncnc1CC(=O)c1ccc(C)cc1C. The summed E-state index contributed by atoms with van der Waals surface area (Å²) in [6.07, 6.45) is 2.80. The Bertz CT molecular complexity index is 587. The van der Waals surface area contributed by atoms with Gasteiger partial charge in [-0.25, -0.2) is 9.67 Å². The molecule has 1 aromatic heterocycles. The molecular weight excluding hydrogens is 238 g/mol. The standard InChI is InChI=1S/C15H19N3O/c1-4-7-18-15(16-10-17-18)9-14(19)13-6-5-11(2)8-12(13)3/h5-6,8,10H,4,7,9H2,1-3H3. The van der Waals surface area contributed by atoms with Crippen LogP contribution >= 0.6 is 0 Å². The molecule has 0 radical (unpaired) electrons. The van der Waals surface area contributed by atoms with E-state index < -0.39 is 0 Å². The van der Waals surface area contributed by atoms with Crippen molar-refractivity contribution >= 4 is 5.78 Å². The predicted octanol–water partition coefficient (Wildman–Crippen LogP) is 2.73. The van der Waals surface area contributed by atoms with Gasteiger partial charge < -0.3 is 0 Å². The normalized spacial score (nSPS) is 10.7. The maximum Gasteiger partial charge on any atom is 0.170 e. The molecule has 0 saturated heterocycles. The van der Waals surface area contributed by atoms with Gasteiger partial charge in [0.25, 0.3) is 0 Å². The summed E-state index contributed by atoms with van der Waals surface area (Å²) < 4.78 is 1.81. The van der Waals surface area contributed by atoms with Gasteiger partial charge in [0.05, 0.1) is 6.42 Å². The highest BCUT2D eigenvalue weighted by Gasteiger charge is 2.13. The number of carbonyl (C=O) groups is 1. The Morgan fingerprint density at radius 3 is 2.79 bits per heavy atom. The summed E-state index contributed by atoms with van der Waals surface area (Å²) in [6, 6.07) is 5.90. The third kappa shape index (κ3) is 3.08. The second-order valence-corrected chi connectivity index (χ2v) is 4.82. The van der Waals surface area contributed by atoms with Crippen molar-refractivity contribution in [3.05, 3.63) is 47.0 Å². The zero-order valence-corrected chi connectivity index (χ0v) is 11.7. The molecule has 100 valence electrons. The van der Waals surface area contributed by atoms with Crippen LogP contribution in [0.4, 0.5) is 0 Å². The number of aromatic nitrogens is 3. The van der Waals surface area contributed by atoms with Gasteiger partial charge in [0.2, 0.25) is 0 Å². The highest BCUT2D eigenvalue weighted by Crippen LogP contribution is 2.13. The first-order valence-electron chi connectivity index (χ1n) is 6.59. The predicted molar refractivity (Wildman–Crippen MR) is 74.3 cm³/mol. The summed E-state index contributed by atoms with van der Waals surface area (Å²) in [6.45, 7) is 6.88. The molecule has 0 aliphatic heterocycles. The Kier molecular flexibility index (Phi) is 4.10. The zero-order valence-electron chi connectivity index (χ0n) is 11.7. The van der Waals surface area contributed by atoms with E-state index >= 15 is 0 Å². The van der Waals surface area contributed by atoms with E-state index in [-0.39, 0.29) is 5.78 Å². The van der Waals surface area contributed by atoms with E-state index in [0.717, 1.165) is 29.9 Å². The zero-order chi connectivity index (χ0) is 13.8. The molecule has 0 atom stereocenters. The monoisotopic (exact) mass is 257 g/mol. The molecular formula is C15H19N3O. The lowest BCUT2D eigenvalue weighted by atomic mass is 10.0. The minimum absolute atomic E-state index is 0.0999. The number of rotatable bonds is 5. The van der Waals surface area contributed by atoms with Crippen LogP contribution in [0.3, 0.4) is 0 Å². The van der Waals surface area contributed by atoms with Crippen LogP contribution in [0.2, 0.25) is 0 Å². The van der Waals surface area contributed by atoms with Crippen LogP contribution in [0.5, 0.6) is 0 Å². The third-order valence-electron chi connectivity index (χ3n) is 3.13. The lowest BCUT2D eigenvalue weighted by Gasteiger charge is -2.07. The molecule has 0 saturated carbocycles. The fourth-order valence-corrected chi connectivity index (χ4v) is 2.19. The number of ketones is 1. The van der Waals surface area contributed by atoms with Crippen molar-refractivity contribution in [1.29, 1.82) is 0 Å². The minimum Gasteiger partial charge on any atom is -0.294 e. The number of hydrogen-bond acceptors (Lipinski definition) is 3. The number of benzene rings is 1. The summed E-state index contributed by atoms with van der Waals surface area (Å²) in [4.78, 5) is 16.5. The van der Waals surface area contributed by atoms with Crippen LogP contribution in [0, 0.1) is 13.8 Å². The number of Topliss-reactive ketones (excluding diaryl/α,β-unsaturated/α-hetero) is 1. The summed E-state index contributed by atoms with van der Waals surface area (Å²) in [5, 5.41) is 4.14. The van der Waals surface area contributed by atoms with Gasteiger partial charge in [0.15, 0.2) is 5.78 Å². The summed E-state index contributed by atoms with van der Waals surface area (Å²) in [7, 11) is 0. The third-order valence-corrected chi connectivity index (χ3v) is 3.13. The maximum atomic E-state index is 12.3. The number of hydrogen-bond donors (Lipinski definition) is 0. The molecule has 4 nitrogen and oxygen atoms in total. The second kappa shape index (κ2) is 5.78. The molecule has 2 rings (SSSR count). The van der Waals surface area contributed by atoms with E-state index in [4.69, 9.17) is 0 Å². The summed E-state index contributed by atoms with van der Waals surface area (Å²) in [5.41, 5.74) is 2.96. The van der Waals surface area contributed by atoms with Crippen LogP contribution in [0.25, 0.3) is 0 Å². The molecule has 1 heterocycles. The molecule has 19 heavy (non-hydrogen) atoms. The highest BCUT2D eigenvalue weighted by molar-refractivity contribution is 5.98. The van der Waals surface area contributed by atoms with Gasteiger partial charge in [-0.1, -0.05) is 30.7 Å². The van der Waals surface area contributed by atoms with Gasteiger partial charge in [0.1, 0.15) is 12.2 Å². The molecule has 2 aromatic rings. The Hall–Kier alpha value is -1.97. The minimum atomic E-state index is 0.0999. The summed E-state index contributed by atoms with van der Waals surface area (Å²) >= 11 is 0. The molecule has 1 aromatic carbocycles. The molecule has 0 unspecified atom stereocenters. The van der Waals surface area contributed by atoms with E-state index in [0.29, 0.717) is 6.42 Å². The molecule has 4 heteroatoms. The Morgan fingerprint density at radius 2 is 2.11 bits per heavy atom. The topological polar surface area (TPSA) is 47.8 Å². The van der Waals surface area contributed by atoms with E-state index in [1.165, 1.54) is 11.9 Å². The Labute approximate surface area is 113 Å². The van der Waals surface area contributed by atoms with E-state index in [9.17, 15) is 4.79 Å². The quantitative estimate of drug-likeness (QED) is 0.774. The first-order valence-corrected chi connectivity index (χ1v) is 6.59. The number of aryl methyl sites for hydroxylation is 3. The Morgan fingerprint density at radius 1 is 1.32 bits per heavy atom. The highest BCUT2D eigenvalue weighted by atomic mass is 16.1. The molecule has 0 bridgehead atoms. The fraction of sp³-hybridized carbons (Fsp3) is 0.400. The molecule has 0 spiro atoms. The van der Waals surface area contributed by atoms with Crippen molar-refractivity contribution in [2.24, 2.45) is 0 Å². The first-order chi connectivity index (χ1) is 9.11. The van der Waals surface area contributed by atoms with E-state index in [1.807, 2.05) is 32.0 Å². The molecule has 0 aliphatic carbocycles. The van der Waals surface area contributed by atoms with Crippen molar-refractivity contribution < 1.29 is 4.79 Å². The van der Waals surface area contributed by atoms with Gasteiger partial charge >= 0.3 is 0 Å². The van der Waals surface area contributed by atoms with Crippen LogP contribution in [-0.4, -0.2) is 20.5 Å². The van der Waals surface area contributed by atoms with E-state index in [2.05, 4.69) is 17.0 Å². The van der Waals surface area contributed by atoms with Gasteiger partial charge in [-0.05, 0) is 25.8 Å². The maximum absolute atomic E-state index is 12.3. The van der Waals surface area contributed by atoms with Crippen molar-refractivity contribution in [1.82, 2.24) is 14.8 Å². The van der Waals surface area contributed by atoms with Crippen LogP contribution in [0.1, 0.15) is 40.7 Å². The lowest BCUT2D eigenvalue weighted by molar-refractivity contribution is 0.0988. The van der Waals surface area contributed by atoms with Gasteiger partial charge in [-0.15, -0.1) is 0 Å². The number of nitrogens with zero attached hydrogens (tertiary/aromatic N) is 3. The largest absolute Gasteiger partial charge is 0.294 e. The van der Waals surface area contributed by atoms with Gasteiger partial charge in [-0.2, -0.15) is 5.10 Å². The van der Waals surface area contributed by atoms with Crippen LogP contribution < -0.4 is 0 Å². The van der Waals surface area contributed by atoms with Crippen molar-refractivity contribution in [3.63, 3.8) is 0 Å². The van der Waals surface area contributed by atoms with Crippen molar-refractivity contribution in [3.8, 4) is 0 Å². The molecule has 0 amide bonds. The fourth-order valence-electron chi connectivity index (χ4n) is 2.19. The molecule has 0 N–H and O–H groups in total. The molecule has 0 aliphatic rings. The second-order valence-electron chi connectivity index (χ2n) is 4.82. The lowest BCUT2D eigenvalue weighted by Crippen LogP contribution is -2.12. The molecule has 0 fully saturated rings. The summed E-state index contributed by atoms with van der Waals surface area (Å²) in [5.74, 6) is 0.842. The van der Waals surface area contributed by atoms with Crippen molar-refractivity contribution in [2.45, 2.75) is 40.2 Å². The first kappa shape index (κ1) is 13.5. The Balaban J connectivity index is 2.18. The van der Waals surface area contributed by atoms with Crippen LogP contribution in [-0.2, 0) is 13.0 Å². The van der Waals surface area contributed by atoms with E-state index in [1.54, 1.807) is 4.68 Å².